The van der Waals surface area contributed by atoms with E-state index in [1.54, 1.807) is 24.3 Å². The van der Waals surface area contributed by atoms with Gasteiger partial charge < -0.3 is 9.88 Å². The highest BCUT2D eigenvalue weighted by molar-refractivity contribution is 7.99. The zero-order valence-electron chi connectivity index (χ0n) is 12.0. The Morgan fingerprint density at radius 1 is 1.43 bits per heavy atom. The Labute approximate surface area is 127 Å². The van der Waals surface area contributed by atoms with Crippen LogP contribution in [0.15, 0.2) is 23.9 Å². The van der Waals surface area contributed by atoms with Gasteiger partial charge in [0.05, 0.1) is 6.33 Å². The van der Waals surface area contributed by atoms with Crippen molar-refractivity contribution in [1.82, 2.24) is 35.1 Å². The fourth-order valence-corrected chi connectivity index (χ4v) is 2.52. The van der Waals surface area contributed by atoms with Gasteiger partial charge in [0.15, 0.2) is 0 Å². The Kier molecular flexibility index (Phi) is 6.20. The maximum Gasteiger partial charge on any atom is 0.220 e. The lowest BCUT2D eigenvalue weighted by atomic mass is 10.3. The van der Waals surface area contributed by atoms with Crippen LogP contribution in [-0.2, 0) is 18.4 Å². The molecule has 0 unspecified atom stereocenters. The lowest BCUT2D eigenvalue weighted by molar-refractivity contribution is -0.120. The minimum Gasteiger partial charge on any atom is -0.356 e. The number of aromatic nitrogens is 6. The molecule has 0 fully saturated rings. The standard InChI is InChI=1S/C12H19N7OS/c1-18-12(15-16-17-18)21-9-4-11(20)14-5-2-3-7-19-8-6-13-10-19/h6,8,10H,2-5,7,9H2,1H3,(H,14,20). The number of aryl methyl sites for hydroxylation is 2. The topological polar surface area (TPSA) is 90.5 Å². The molecule has 1 N–H and O–H groups in total. The van der Waals surface area contributed by atoms with Crippen molar-refractivity contribution in [2.45, 2.75) is 31.0 Å². The van der Waals surface area contributed by atoms with Gasteiger partial charge >= 0.3 is 0 Å². The molecule has 8 nitrogen and oxygen atoms in total. The molecule has 114 valence electrons. The molecule has 0 aromatic carbocycles. The minimum atomic E-state index is 0.0697. The van der Waals surface area contributed by atoms with E-state index in [-0.39, 0.29) is 5.91 Å². The predicted molar refractivity (Wildman–Crippen MR) is 78.6 cm³/mol. The lowest BCUT2D eigenvalue weighted by Crippen LogP contribution is -2.24. The summed E-state index contributed by atoms with van der Waals surface area (Å²) in [7, 11) is 1.78. The molecule has 2 rings (SSSR count). The van der Waals surface area contributed by atoms with Crippen molar-refractivity contribution in [1.29, 1.82) is 0 Å². The van der Waals surface area contributed by atoms with Crippen LogP contribution in [-0.4, -0.2) is 48.0 Å². The highest BCUT2D eigenvalue weighted by atomic mass is 32.2. The first-order valence-electron chi connectivity index (χ1n) is 6.83. The van der Waals surface area contributed by atoms with Gasteiger partial charge in [0.25, 0.3) is 0 Å². The minimum absolute atomic E-state index is 0.0697. The molecule has 21 heavy (non-hydrogen) atoms. The number of carbonyl (C=O) groups excluding carboxylic acids is 1. The number of tetrazole rings is 1. The third-order valence-corrected chi connectivity index (χ3v) is 3.88. The average molecular weight is 309 g/mol. The summed E-state index contributed by atoms with van der Waals surface area (Å²) in [5.74, 6) is 0.745. The number of imidazole rings is 1. The van der Waals surface area contributed by atoms with Crippen molar-refractivity contribution >= 4 is 17.7 Å². The monoisotopic (exact) mass is 309 g/mol. The number of nitrogens with one attached hydrogen (secondary N) is 1. The molecule has 0 spiro atoms. The largest absolute Gasteiger partial charge is 0.356 e. The molecule has 0 aliphatic carbocycles. The number of unbranched alkanes of at least 4 members (excludes halogenated alkanes) is 1. The van der Waals surface area contributed by atoms with Gasteiger partial charge in [-0.2, -0.15) is 0 Å². The smallest absolute Gasteiger partial charge is 0.220 e. The van der Waals surface area contributed by atoms with E-state index in [1.165, 1.54) is 11.8 Å². The van der Waals surface area contributed by atoms with Crippen LogP contribution in [0, 0.1) is 0 Å². The van der Waals surface area contributed by atoms with Crippen LogP contribution in [0.5, 0.6) is 0 Å². The van der Waals surface area contributed by atoms with E-state index in [0.29, 0.717) is 18.7 Å². The third-order valence-electron chi connectivity index (χ3n) is 2.87. The summed E-state index contributed by atoms with van der Waals surface area (Å²) in [5.41, 5.74) is 0. The molecular weight excluding hydrogens is 290 g/mol. The second kappa shape index (κ2) is 8.40. The Morgan fingerprint density at radius 2 is 2.33 bits per heavy atom. The van der Waals surface area contributed by atoms with E-state index in [9.17, 15) is 4.79 Å². The number of thioether (sulfide) groups is 1. The maximum atomic E-state index is 11.7. The third kappa shape index (κ3) is 5.54. The van der Waals surface area contributed by atoms with Gasteiger partial charge in [-0.1, -0.05) is 11.8 Å². The quantitative estimate of drug-likeness (QED) is 0.535. The second-order valence-corrected chi connectivity index (χ2v) is 5.60. The molecule has 9 heteroatoms. The Morgan fingerprint density at radius 3 is 3.05 bits per heavy atom. The lowest BCUT2D eigenvalue weighted by Gasteiger charge is -2.05. The van der Waals surface area contributed by atoms with Gasteiger partial charge in [0, 0.05) is 44.7 Å². The van der Waals surface area contributed by atoms with Gasteiger partial charge in [0.2, 0.25) is 11.1 Å². The number of hydrogen-bond donors (Lipinski definition) is 1. The van der Waals surface area contributed by atoms with E-state index in [2.05, 4.69) is 25.8 Å². The maximum absolute atomic E-state index is 11.7. The summed E-state index contributed by atoms with van der Waals surface area (Å²) in [6.07, 6.45) is 7.97. The van der Waals surface area contributed by atoms with Crippen molar-refractivity contribution in [3.63, 3.8) is 0 Å². The van der Waals surface area contributed by atoms with Crippen molar-refractivity contribution in [3.05, 3.63) is 18.7 Å². The zero-order chi connectivity index (χ0) is 14.9. The van der Waals surface area contributed by atoms with Crippen LogP contribution in [0.4, 0.5) is 0 Å². The van der Waals surface area contributed by atoms with E-state index >= 15 is 0 Å². The fraction of sp³-hybridized carbons (Fsp3) is 0.583. The molecule has 0 bridgehead atoms. The van der Waals surface area contributed by atoms with Crippen LogP contribution < -0.4 is 5.32 Å². The van der Waals surface area contributed by atoms with Crippen LogP contribution in [0.3, 0.4) is 0 Å². The summed E-state index contributed by atoms with van der Waals surface area (Å²) < 4.78 is 3.63. The van der Waals surface area contributed by atoms with E-state index in [4.69, 9.17) is 0 Å². The molecule has 0 saturated heterocycles. The van der Waals surface area contributed by atoms with Crippen molar-refractivity contribution in [3.8, 4) is 0 Å². The van der Waals surface area contributed by atoms with Gasteiger partial charge in [-0.05, 0) is 23.3 Å². The van der Waals surface area contributed by atoms with Crippen LogP contribution in [0.25, 0.3) is 0 Å². The van der Waals surface area contributed by atoms with Crippen molar-refractivity contribution < 1.29 is 4.79 Å². The summed E-state index contributed by atoms with van der Waals surface area (Å²) in [4.78, 5) is 15.6. The molecule has 2 heterocycles. The molecular formula is C12H19N7OS. The van der Waals surface area contributed by atoms with Gasteiger partial charge in [-0.15, -0.1) is 5.10 Å². The number of amides is 1. The summed E-state index contributed by atoms with van der Waals surface area (Å²) in [6.45, 7) is 1.65. The Bertz CT molecular complexity index is 540. The van der Waals surface area contributed by atoms with Crippen molar-refractivity contribution in [2.24, 2.45) is 7.05 Å². The first-order chi connectivity index (χ1) is 10.3. The molecule has 0 atom stereocenters. The molecule has 0 aliphatic rings. The number of carbonyl (C=O) groups is 1. The Hall–Kier alpha value is -1.90. The molecule has 0 aliphatic heterocycles. The summed E-state index contributed by atoms with van der Waals surface area (Å²) in [6, 6.07) is 0. The fourth-order valence-electron chi connectivity index (χ4n) is 1.73. The number of hydrogen-bond acceptors (Lipinski definition) is 6. The van der Waals surface area contributed by atoms with Crippen molar-refractivity contribution in [2.75, 3.05) is 12.3 Å². The second-order valence-electron chi connectivity index (χ2n) is 4.54. The summed E-state index contributed by atoms with van der Waals surface area (Å²) >= 11 is 1.48. The molecule has 2 aromatic rings. The molecule has 0 saturated carbocycles. The van der Waals surface area contributed by atoms with Gasteiger partial charge in [0.1, 0.15) is 0 Å². The highest BCUT2D eigenvalue weighted by Gasteiger charge is 2.05. The molecule has 2 aromatic heterocycles. The van der Waals surface area contributed by atoms with Crippen LogP contribution in [0.1, 0.15) is 19.3 Å². The Balaban J connectivity index is 1.49. The van der Waals surface area contributed by atoms with E-state index < -0.39 is 0 Å². The number of rotatable bonds is 9. The number of nitrogens with zero attached hydrogens (tertiary/aromatic N) is 6. The van der Waals surface area contributed by atoms with Gasteiger partial charge in [-0.25, -0.2) is 9.67 Å². The zero-order valence-corrected chi connectivity index (χ0v) is 12.8. The first-order valence-corrected chi connectivity index (χ1v) is 7.82. The highest BCUT2D eigenvalue weighted by Crippen LogP contribution is 2.12. The summed E-state index contributed by atoms with van der Waals surface area (Å²) in [5, 5.41) is 14.8. The van der Waals surface area contributed by atoms with E-state index in [0.717, 1.165) is 24.5 Å². The first kappa shape index (κ1) is 15.5. The van der Waals surface area contributed by atoms with Crippen LogP contribution in [0.2, 0.25) is 0 Å². The predicted octanol–water partition coefficient (Wildman–Crippen LogP) is 0.485. The molecule has 1 amide bonds. The average Bonchev–Trinajstić information content (AvgIpc) is 3.11. The van der Waals surface area contributed by atoms with Gasteiger partial charge in [-0.3, -0.25) is 4.79 Å². The molecule has 0 radical (unpaired) electrons. The van der Waals surface area contributed by atoms with Crippen LogP contribution >= 0.6 is 11.8 Å². The normalized spacial score (nSPS) is 10.7. The SMILES string of the molecule is Cn1nnnc1SCCC(=O)NCCCCn1ccnc1. The van der Waals surface area contributed by atoms with E-state index in [1.807, 2.05) is 10.8 Å².